The summed E-state index contributed by atoms with van der Waals surface area (Å²) < 4.78 is 4.54. The highest BCUT2D eigenvalue weighted by Gasteiger charge is 2.04. The van der Waals surface area contributed by atoms with Crippen LogP contribution in [0, 0.1) is 0 Å². The lowest BCUT2D eigenvalue weighted by atomic mass is 10.2. The molecule has 1 aromatic carbocycles. The summed E-state index contributed by atoms with van der Waals surface area (Å²) in [6.07, 6.45) is 0. The molecule has 0 aliphatic carbocycles. The van der Waals surface area contributed by atoms with Crippen LogP contribution in [-0.4, -0.2) is 19.6 Å². The van der Waals surface area contributed by atoms with Crippen molar-refractivity contribution in [2.45, 2.75) is 6.54 Å². The molecule has 0 radical (unpaired) electrons. The van der Waals surface area contributed by atoms with Crippen molar-refractivity contribution < 1.29 is 9.53 Å². The molecule has 80 valence electrons. The van der Waals surface area contributed by atoms with Crippen LogP contribution in [0.5, 0.6) is 0 Å². The Morgan fingerprint density at radius 2 is 2.07 bits per heavy atom. The molecule has 1 aromatic rings. The zero-order valence-electron chi connectivity index (χ0n) is 8.82. The maximum Gasteiger partial charge on any atom is 0.334 e. The number of nitrogens with one attached hydrogen (secondary N) is 1. The number of methoxy groups -OCH3 is 1. The van der Waals surface area contributed by atoms with E-state index in [1.54, 1.807) is 0 Å². The van der Waals surface area contributed by atoms with Gasteiger partial charge in [-0.1, -0.05) is 36.9 Å². The molecule has 0 bridgehead atoms. The Kier molecular flexibility index (Phi) is 4.57. The lowest BCUT2D eigenvalue weighted by molar-refractivity contribution is -0.136. The Bertz CT molecular complexity index is 333. The summed E-state index contributed by atoms with van der Waals surface area (Å²) in [7, 11) is 1.35. The van der Waals surface area contributed by atoms with E-state index in [0.717, 1.165) is 6.54 Å². The molecule has 0 amide bonds. The molecule has 0 heterocycles. The lowest BCUT2D eigenvalue weighted by Crippen LogP contribution is -2.20. The zero-order chi connectivity index (χ0) is 11.1. The molecule has 1 rings (SSSR count). The molecule has 0 aromatic heterocycles. The lowest BCUT2D eigenvalue weighted by Gasteiger charge is -2.05. The van der Waals surface area contributed by atoms with Crippen molar-refractivity contribution in [1.29, 1.82) is 0 Å². The van der Waals surface area contributed by atoms with Crippen molar-refractivity contribution in [2.24, 2.45) is 0 Å². The summed E-state index contributed by atoms with van der Waals surface area (Å²) in [6.45, 7) is 4.78. The summed E-state index contributed by atoms with van der Waals surface area (Å²) in [4.78, 5) is 11.0. The van der Waals surface area contributed by atoms with E-state index in [2.05, 4.69) is 16.6 Å². The fourth-order valence-electron chi connectivity index (χ4n) is 1.17. The Labute approximate surface area is 89.8 Å². The van der Waals surface area contributed by atoms with Gasteiger partial charge in [-0.05, 0) is 5.56 Å². The van der Waals surface area contributed by atoms with Gasteiger partial charge in [0.1, 0.15) is 0 Å². The van der Waals surface area contributed by atoms with Crippen LogP contribution < -0.4 is 5.32 Å². The van der Waals surface area contributed by atoms with E-state index in [1.165, 1.54) is 12.7 Å². The van der Waals surface area contributed by atoms with Crippen LogP contribution in [0.3, 0.4) is 0 Å². The van der Waals surface area contributed by atoms with Gasteiger partial charge in [0.2, 0.25) is 0 Å². The van der Waals surface area contributed by atoms with Gasteiger partial charge < -0.3 is 10.1 Å². The summed E-state index contributed by atoms with van der Waals surface area (Å²) >= 11 is 0. The van der Waals surface area contributed by atoms with Crippen molar-refractivity contribution in [3.63, 3.8) is 0 Å². The number of esters is 1. The molecule has 0 unspecified atom stereocenters. The molecule has 15 heavy (non-hydrogen) atoms. The number of hydrogen-bond acceptors (Lipinski definition) is 3. The predicted molar refractivity (Wildman–Crippen MR) is 59.3 cm³/mol. The first-order valence-electron chi connectivity index (χ1n) is 4.74. The van der Waals surface area contributed by atoms with E-state index in [4.69, 9.17) is 0 Å². The van der Waals surface area contributed by atoms with Gasteiger partial charge in [-0.2, -0.15) is 0 Å². The minimum absolute atomic E-state index is 0.365. The molecule has 0 spiro atoms. The first-order valence-corrected chi connectivity index (χ1v) is 4.74. The van der Waals surface area contributed by atoms with Gasteiger partial charge in [0, 0.05) is 18.7 Å². The average molecular weight is 205 g/mol. The molecule has 0 fully saturated rings. The van der Waals surface area contributed by atoms with Gasteiger partial charge in [0.05, 0.1) is 7.11 Å². The van der Waals surface area contributed by atoms with Gasteiger partial charge in [-0.25, -0.2) is 4.79 Å². The van der Waals surface area contributed by atoms with Gasteiger partial charge in [0.15, 0.2) is 0 Å². The first kappa shape index (κ1) is 11.5. The second kappa shape index (κ2) is 5.98. The summed E-state index contributed by atoms with van der Waals surface area (Å²) in [6, 6.07) is 9.97. The monoisotopic (exact) mass is 205 g/mol. The molecular formula is C12H15NO2. The van der Waals surface area contributed by atoms with E-state index >= 15 is 0 Å². The van der Waals surface area contributed by atoms with E-state index in [9.17, 15) is 4.79 Å². The molecule has 1 N–H and O–H groups in total. The van der Waals surface area contributed by atoms with Crippen LogP contribution in [-0.2, 0) is 16.1 Å². The van der Waals surface area contributed by atoms with Crippen LogP contribution in [0.15, 0.2) is 42.5 Å². The van der Waals surface area contributed by atoms with Crippen molar-refractivity contribution in [3.8, 4) is 0 Å². The highest BCUT2D eigenvalue weighted by atomic mass is 16.5. The van der Waals surface area contributed by atoms with Crippen LogP contribution in [0.4, 0.5) is 0 Å². The number of carbonyl (C=O) groups is 1. The molecule has 0 saturated carbocycles. The number of hydrogen-bond donors (Lipinski definition) is 1. The molecule has 0 atom stereocenters. The third-order valence-electron chi connectivity index (χ3n) is 1.98. The van der Waals surface area contributed by atoms with Crippen molar-refractivity contribution >= 4 is 5.97 Å². The maximum atomic E-state index is 11.0. The summed E-state index contributed by atoms with van der Waals surface area (Å²) in [5.41, 5.74) is 1.61. The minimum atomic E-state index is -0.365. The smallest absolute Gasteiger partial charge is 0.334 e. The normalized spacial score (nSPS) is 9.67. The zero-order valence-corrected chi connectivity index (χ0v) is 8.82. The topological polar surface area (TPSA) is 38.3 Å². The van der Waals surface area contributed by atoms with Crippen LogP contribution in [0.1, 0.15) is 5.56 Å². The fourth-order valence-corrected chi connectivity index (χ4v) is 1.17. The highest BCUT2D eigenvalue weighted by molar-refractivity contribution is 5.87. The molecule has 3 heteroatoms. The molecular weight excluding hydrogens is 190 g/mol. The van der Waals surface area contributed by atoms with Crippen molar-refractivity contribution in [1.82, 2.24) is 5.32 Å². The van der Waals surface area contributed by atoms with Crippen LogP contribution in [0.2, 0.25) is 0 Å². The van der Waals surface area contributed by atoms with Crippen molar-refractivity contribution in [3.05, 3.63) is 48.0 Å². The van der Waals surface area contributed by atoms with Gasteiger partial charge in [-0.15, -0.1) is 0 Å². The van der Waals surface area contributed by atoms with Gasteiger partial charge in [0.25, 0.3) is 0 Å². The Morgan fingerprint density at radius 1 is 1.40 bits per heavy atom. The molecule has 3 nitrogen and oxygen atoms in total. The number of ether oxygens (including phenoxy) is 1. The Balaban J connectivity index is 2.28. The Hall–Kier alpha value is -1.61. The van der Waals surface area contributed by atoms with Crippen LogP contribution >= 0.6 is 0 Å². The number of carbonyl (C=O) groups excluding carboxylic acids is 1. The third kappa shape index (κ3) is 3.95. The molecule has 0 aliphatic heterocycles. The summed E-state index contributed by atoms with van der Waals surface area (Å²) in [5.74, 6) is -0.365. The van der Waals surface area contributed by atoms with E-state index < -0.39 is 0 Å². The second-order valence-corrected chi connectivity index (χ2v) is 3.18. The van der Waals surface area contributed by atoms with E-state index in [0.29, 0.717) is 12.1 Å². The third-order valence-corrected chi connectivity index (χ3v) is 1.98. The minimum Gasteiger partial charge on any atom is -0.466 e. The molecule has 0 aliphatic rings. The summed E-state index contributed by atoms with van der Waals surface area (Å²) in [5, 5.41) is 3.12. The number of benzene rings is 1. The second-order valence-electron chi connectivity index (χ2n) is 3.18. The maximum absolute atomic E-state index is 11.0. The van der Waals surface area contributed by atoms with Crippen molar-refractivity contribution in [2.75, 3.05) is 13.7 Å². The quantitative estimate of drug-likeness (QED) is 0.585. The standard InChI is InChI=1S/C12H15NO2/c1-10(12(14)15-2)8-13-9-11-6-4-3-5-7-11/h3-7,13H,1,8-9H2,2H3. The van der Waals surface area contributed by atoms with Gasteiger partial charge >= 0.3 is 5.97 Å². The van der Waals surface area contributed by atoms with Crippen LogP contribution in [0.25, 0.3) is 0 Å². The highest BCUT2D eigenvalue weighted by Crippen LogP contribution is 1.98. The van der Waals surface area contributed by atoms with E-state index in [-0.39, 0.29) is 5.97 Å². The first-order chi connectivity index (χ1) is 7.24. The fraction of sp³-hybridized carbons (Fsp3) is 0.250. The Morgan fingerprint density at radius 3 is 2.67 bits per heavy atom. The average Bonchev–Trinajstić information content (AvgIpc) is 2.29. The SMILES string of the molecule is C=C(CNCc1ccccc1)C(=O)OC. The van der Waals surface area contributed by atoms with Gasteiger partial charge in [-0.3, -0.25) is 0 Å². The molecule has 0 saturated heterocycles. The van der Waals surface area contributed by atoms with E-state index in [1.807, 2.05) is 30.3 Å². The predicted octanol–water partition coefficient (Wildman–Crippen LogP) is 1.51. The largest absolute Gasteiger partial charge is 0.466 e. The number of rotatable bonds is 5.